The summed E-state index contributed by atoms with van der Waals surface area (Å²) in [5.74, 6) is -3.14. The smallest absolute Gasteiger partial charge is 0.344 e. The Kier molecular flexibility index (Phi) is 4.15. The molecule has 10 heteroatoms. The molecule has 106 valence electrons. The molecule has 0 aliphatic heterocycles. The molecule has 0 bridgehead atoms. The van der Waals surface area contributed by atoms with Crippen LogP contribution in [-0.4, -0.2) is 20.5 Å². The molecule has 0 aromatic heterocycles. The number of rotatable bonds is 3. The van der Waals surface area contributed by atoms with E-state index in [1.165, 1.54) is 5.32 Å². The Bertz CT molecular complexity index is 598. The number of nitrogens with two attached hydrogens (primary N) is 1. The van der Waals surface area contributed by atoms with E-state index >= 15 is 0 Å². The fourth-order valence-electron chi connectivity index (χ4n) is 1.24. The van der Waals surface area contributed by atoms with E-state index in [-0.39, 0.29) is 5.56 Å². The van der Waals surface area contributed by atoms with Crippen molar-refractivity contribution in [2.75, 3.05) is 0 Å². The van der Waals surface area contributed by atoms with Crippen molar-refractivity contribution in [2.24, 2.45) is 5.14 Å². The van der Waals surface area contributed by atoms with E-state index in [1.54, 1.807) is 0 Å². The number of alkyl halides is 3. The first kappa shape index (κ1) is 15.4. The number of sulfonamides is 1. The highest BCUT2D eigenvalue weighted by atomic mass is 32.2. The first-order valence-electron chi connectivity index (χ1n) is 4.68. The van der Waals surface area contributed by atoms with Gasteiger partial charge < -0.3 is 5.32 Å². The Balaban J connectivity index is 3.02. The van der Waals surface area contributed by atoms with Gasteiger partial charge in [-0.3, -0.25) is 4.79 Å². The van der Waals surface area contributed by atoms with Crippen LogP contribution < -0.4 is 10.5 Å². The molecule has 1 aromatic rings. The second-order valence-electron chi connectivity index (χ2n) is 3.48. The molecule has 0 aliphatic carbocycles. The van der Waals surface area contributed by atoms with Gasteiger partial charge in [0.2, 0.25) is 10.0 Å². The van der Waals surface area contributed by atoms with Gasteiger partial charge >= 0.3 is 12.1 Å². The van der Waals surface area contributed by atoms with Gasteiger partial charge in [0.15, 0.2) is 0 Å². The van der Waals surface area contributed by atoms with Crippen LogP contribution in [0.1, 0.15) is 5.56 Å². The van der Waals surface area contributed by atoms with Gasteiger partial charge in [0.1, 0.15) is 5.82 Å². The molecule has 0 aliphatic rings. The zero-order chi connectivity index (χ0) is 14.8. The summed E-state index contributed by atoms with van der Waals surface area (Å²) in [6.07, 6.45) is -5.12. The number of hydrogen-bond acceptors (Lipinski definition) is 3. The Hall–Kier alpha value is -1.68. The first-order chi connectivity index (χ1) is 8.51. The van der Waals surface area contributed by atoms with Gasteiger partial charge in [-0.1, -0.05) is 0 Å². The molecule has 0 saturated heterocycles. The number of amides is 1. The van der Waals surface area contributed by atoms with Gasteiger partial charge in [-0.2, -0.15) is 13.2 Å². The number of nitrogens with one attached hydrogen (secondary N) is 1. The third-order valence-corrected chi connectivity index (χ3v) is 3.04. The number of carbonyl (C=O) groups is 1. The molecule has 0 radical (unpaired) electrons. The standard InChI is InChI=1S/C9H8F4N2O3S/c10-6-1-2-7(19(14,17)18)5(3-6)4-15-8(16)9(11,12)13/h1-3H,4H2,(H,15,16)(H2,14,17,18). The number of benzene rings is 1. The zero-order valence-electron chi connectivity index (χ0n) is 9.16. The molecular weight excluding hydrogens is 292 g/mol. The summed E-state index contributed by atoms with van der Waals surface area (Å²) < 4.78 is 71.0. The Morgan fingerprint density at radius 2 is 1.89 bits per heavy atom. The van der Waals surface area contributed by atoms with Gasteiger partial charge in [-0.25, -0.2) is 17.9 Å². The SMILES string of the molecule is NS(=O)(=O)c1ccc(F)cc1CNC(=O)C(F)(F)F. The fraction of sp³-hybridized carbons (Fsp3) is 0.222. The third kappa shape index (κ3) is 4.17. The Labute approximate surface area is 105 Å². The van der Waals surface area contributed by atoms with Crippen LogP contribution in [0.3, 0.4) is 0 Å². The summed E-state index contributed by atoms with van der Waals surface area (Å²) in [7, 11) is -4.23. The molecule has 0 heterocycles. The van der Waals surface area contributed by atoms with Crippen LogP contribution in [0, 0.1) is 5.82 Å². The lowest BCUT2D eigenvalue weighted by Crippen LogP contribution is -2.36. The van der Waals surface area contributed by atoms with Crippen molar-refractivity contribution < 1.29 is 30.8 Å². The topological polar surface area (TPSA) is 89.3 Å². The maximum atomic E-state index is 12.9. The Morgan fingerprint density at radius 3 is 2.37 bits per heavy atom. The number of hydrogen-bond donors (Lipinski definition) is 2. The van der Waals surface area contributed by atoms with Crippen LogP contribution in [0.15, 0.2) is 23.1 Å². The lowest BCUT2D eigenvalue weighted by Gasteiger charge is -2.10. The van der Waals surface area contributed by atoms with E-state index < -0.39 is 39.4 Å². The van der Waals surface area contributed by atoms with Crippen molar-refractivity contribution in [3.8, 4) is 0 Å². The molecule has 0 fully saturated rings. The van der Waals surface area contributed by atoms with Gasteiger partial charge in [0.05, 0.1) is 4.90 Å². The van der Waals surface area contributed by atoms with Crippen molar-refractivity contribution in [3.63, 3.8) is 0 Å². The second kappa shape index (κ2) is 5.13. The van der Waals surface area contributed by atoms with Gasteiger partial charge in [-0.15, -0.1) is 0 Å². The van der Waals surface area contributed by atoms with Crippen molar-refractivity contribution in [3.05, 3.63) is 29.6 Å². The minimum Gasteiger partial charge on any atom is -0.344 e. The maximum Gasteiger partial charge on any atom is 0.471 e. The van der Waals surface area contributed by atoms with E-state index in [2.05, 4.69) is 0 Å². The number of halogens is 4. The predicted molar refractivity (Wildman–Crippen MR) is 55.7 cm³/mol. The molecule has 3 N–H and O–H groups in total. The predicted octanol–water partition coefficient (Wildman–Crippen LogP) is 0.652. The highest BCUT2D eigenvalue weighted by Crippen LogP contribution is 2.18. The first-order valence-corrected chi connectivity index (χ1v) is 6.22. The van der Waals surface area contributed by atoms with E-state index in [1.807, 2.05) is 0 Å². The molecule has 0 spiro atoms. The molecule has 0 atom stereocenters. The van der Waals surface area contributed by atoms with E-state index in [0.717, 1.165) is 12.1 Å². The summed E-state index contributed by atoms with van der Waals surface area (Å²) in [5.41, 5.74) is -0.375. The van der Waals surface area contributed by atoms with Crippen molar-refractivity contribution >= 4 is 15.9 Å². The lowest BCUT2D eigenvalue weighted by molar-refractivity contribution is -0.173. The average Bonchev–Trinajstić information content (AvgIpc) is 2.22. The summed E-state index contributed by atoms with van der Waals surface area (Å²) in [6.45, 7) is -0.818. The molecule has 5 nitrogen and oxygen atoms in total. The zero-order valence-corrected chi connectivity index (χ0v) is 9.98. The maximum absolute atomic E-state index is 12.9. The molecule has 19 heavy (non-hydrogen) atoms. The quantitative estimate of drug-likeness (QED) is 0.803. The lowest BCUT2D eigenvalue weighted by atomic mass is 10.2. The normalized spacial score (nSPS) is 12.3. The third-order valence-electron chi connectivity index (χ3n) is 2.03. The molecular formula is C9H8F4N2O3S. The van der Waals surface area contributed by atoms with Crippen LogP contribution >= 0.6 is 0 Å². The molecule has 1 aromatic carbocycles. The van der Waals surface area contributed by atoms with Crippen molar-refractivity contribution in [1.82, 2.24) is 5.32 Å². The largest absolute Gasteiger partial charge is 0.471 e. The molecule has 0 saturated carbocycles. The van der Waals surface area contributed by atoms with Crippen LogP contribution in [-0.2, 0) is 21.4 Å². The van der Waals surface area contributed by atoms with Crippen molar-refractivity contribution in [2.45, 2.75) is 17.6 Å². The fourth-order valence-corrected chi connectivity index (χ4v) is 1.99. The van der Waals surface area contributed by atoms with Gasteiger partial charge in [0, 0.05) is 6.54 Å². The summed E-state index contributed by atoms with van der Waals surface area (Å²) >= 11 is 0. The molecule has 0 unspecified atom stereocenters. The molecule has 1 rings (SSSR count). The van der Waals surface area contributed by atoms with Crippen LogP contribution in [0.25, 0.3) is 0 Å². The second-order valence-corrected chi connectivity index (χ2v) is 5.01. The highest BCUT2D eigenvalue weighted by Gasteiger charge is 2.38. The highest BCUT2D eigenvalue weighted by molar-refractivity contribution is 7.89. The van der Waals surface area contributed by atoms with E-state index in [9.17, 15) is 30.8 Å². The summed E-state index contributed by atoms with van der Waals surface area (Å²) in [4.78, 5) is 10.0. The van der Waals surface area contributed by atoms with Crippen LogP contribution in [0.5, 0.6) is 0 Å². The minimum absolute atomic E-state index is 0.375. The van der Waals surface area contributed by atoms with Crippen molar-refractivity contribution in [1.29, 1.82) is 0 Å². The van der Waals surface area contributed by atoms with Crippen LogP contribution in [0.4, 0.5) is 17.6 Å². The van der Waals surface area contributed by atoms with Gasteiger partial charge in [0.25, 0.3) is 0 Å². The Morgan fingerprint density at radius 1 is 1.32 bits per heavy atom. The van der Waals surface area contributed by atoms with E-state index in [0.29, 0.717) is 6.07 Å². The van der Waals surface area contributed by atoms with Crippen LogP contribution in [0.2, 0.25) is 0 Å². The van der Waals surface area contributed by atoms with Gasteiger partial charge in [-0.05, 0) is 23.8 Å². The molecule has 1 amide bonds. The number of primary sulfonamides is 1. The monoisotopic (exact) mass is 300 g/mol. The minimum atomic E-state index is -5.12. The summed E-state index contributed by atoms with van der Waals surface area (Å²) in [6, 6.07) is 2.27. The number of carbonyl (C=O) groups excluding carboxylic acids is 1. The average molecular weight is 300 g/mol. The summed E-state index contributed by atoms with van der Waals surface area (Å²) in [5, 5.41) is 6.24. The van der Waals surface area contributed by atoms with E-state index in [4.69, 9.17) is 5.14 Å².